The van der Waals surface area contributed by atoms with E-state index in [1.165, 1.54) is 0 Å². The van der Waals surface area contributed by atoms with Crippen molar-refractivity contribution in [2.75, 3.05) is 24.3 Å². The molecule has 0 aliphatic rings. The van der Waals surface area contributed by atoms with Crippen LogP contribution in [0.2, 0.25) is 0 Å². The average Bonchev–Trinajstić information content (AvgIpc) is 2.21. The molecule has 1 aromatic carbocycles. The molecule has 3 N–H and O–H groups in total. The highest BCUT2D eigenvalue weighted by Crippen LogP contribution is 2.08. The number of nitrogens with one attached hydrogen (secondary N) is 1. The number of nitrogens with two attached hydrogens (primary N) is 1. The molecular weight excluding hydrogens is 244 g/mol. The number of hydrogen-bond acceptors (Lipinski definition) is 4. The molecule has 1 rings (SSSR count). The average molecular weight is 260 g/mol. The first-order valence-corrected chi connectivity index (χ1v) is 7.89. The number of sulfonamides is 1. The van der Waals surface area contributed by atoms with Gasteiger partial charge in [-0.05, 0) is 24.0 Å². The van der Waals surface area contributed by atoms with Crippen LogP contribution >= 0.6 is 11.8 Å². The van der Waals surface area contributed by atoms with Crippen LogP contribution < -0.4 is 10.5 Å². The van der Waals surface area contributed by atoms with Gasteiger partial charge in [0.1, 0.15) is 0 Å². The number of hydrogen-bond donors (Lipinski definition) is 2. The van der Waals surface area contributed by atoms with E-state index in [0.717, 1.165) is 11.3 Å². The molecule has 1 aromatic rings. The molecule has 0 radical (unpaired) electrons. The Morgan fingerprint density at radius 2 is 1.94 bits per heavy atom. The summed E-state index contributed by atoms with van der Waals surface area (Å²) >= 11 is 1.61. The van der Waals surface area contributed by atoms with Gasteiger partial charge in [0.2, 0.25) is 10.0 Å². The summed E-state index contributed by atoms with van der Waals surface area (Å²) in [5, 5.41) is 0. The lowest BCUT2D eigenvalue weighted by molar-refractivity contribution is 0.583. The standard InChI is InChI=1S/C10H16N2O2S2/c1-15-7-6-12-16(13,14)8-9-2-4-10(11)5-3-9/h2-5,12H,6-8,11H2,1H3. The fraction of sp³-hybridized carbons (Fsp3) is 0.400. The van der Waals surface area contributed by atoms with E-state index in [1.54, 1.807) is 36.0 Å². The topological polar surface area (TPSA) is 72.2 Å². The van der Waals surface area contributed by atoms with Crippen LogP contribution in [0.5, 0.6) is 0 Å². The number of anilines is 1. The van der Waals surface area contributed by atoms with E-state index in [1.807, 2.05) is 6.26 Å². The van der Waals surface area contributed by atoms with Gasteiger partial charge in [0, 0.05) is 18.0 Å². The van der Waals surface area contributed by atoms with E-state index in [0.29, 0.717) is 12.2 Å². The van der Waals surface area contributed by atoms with Gasteiger partial charge in [0.25, 0.3) is 0 Å². The summed E-state index contributed by atoms with van der Waals surface area (Å²) in [6, 6.07) is 6.85. The van der Waals surface area contributed by atoms with Gasteiger partial charge in [-0.1, -0.05) is 12.1 Å². The van der Waals surface area contributed by atoms with E-state index in [9.17, 15) is 8.42 Å². The summed E-state index contributed by atoms with van der Waals surface area (Å²) in [5.74, 6) is 0.780. The molecule has 0 fully saturated rings. The fourth-order valence-corrected chi connectivity index (χ4v) is 2.77. The Balaban J connectivity index is 2.55. The molecule has 16 heavy (non-hydrogen) atoms. The first kappa shape index (κ1) is 13.3. The van der Waals surface area contributed by atoms with Crippen LogP contribution in [0.15, 0.2) is 24.3 Å². The maximum Gasteiger partial charge on any atom is 0.215 e. The van der Waals surface area contributed by atoms with Crippen molar-refractivity contribution in [3.63, 3.8) is 0 Å². The van der Waals surface area contributed by atoms with Crippen LogP contribution in [-0.2, 0) is 15.8 Å². The molecule has 0 aromatic heterocycles. The minimum Gasteiger partial charge on any atom is -0.399 e. The van der Waals surface area contributed by atoms with E-state index in [2.05, 4.69) is 4.72 Å². The van der Waals surface area contributed by atoms with Crippen molar-refractivity contribution in [1.29, 1.82) is 0 Å². The van der Waals surface area contributed by atoms with Crippen molar-refractivity contribution in [2.45, 2.75) is 5.75 Å². The molecule has 0 amide bonds. The quantitative estimate of drug-likeness (QED) is 0.592. The Labute approximate surface area is 101 Å². The van der Waals surface area contributed by atoms with Gasteiger partial charge in [-0.3, -0.25) is 0 Å². The van der Waals surface area contributed by atoms with E-state index >= 15 is 0 Å². The van der Waals surface area contributed by atoms with Crippen LogP contribution in [0.25, 0.3) is 0 Å². The Hall–Kier alpha value is -0.720. The second-order valence-corrected chi connectivity index (χ2v) is 6.18. The van der Waals surface area contributed by atoms with Crippen molar-refractivity contribution in [3.05, 3.63) is 29.8 Å². The summed E-state index contributed by atoms with van der Waals surface area (Å²) in [4.78, 5) is 0. The molecule has 0 aliphatic carbocycles. The molecule has 90 valence electrons. The molecule has 0 spiro atoms. The first-order valence-electron chi connectivity index (χ1n) is 4.84. The van der Waals surface area contributed by atoms with Crippen LogP contribution in [0.3, 0.4) is 0 Å². The number of nitrogen functional groups attached to an aromatic ring is 1. The molecule has 6 heteroatoms. The molecule has 0 unspecified atom stereocenters. The normalized spacial score (nSPS) is 11.6. The second kappa shape index (κ2) is 6.12. The first-order chi connectivity index (χ1) is 7.53. The third-order valence-corrected chi connectivity index (χ3v) is 3.93. The lowest BCUT2D eigenvalue weighted by Crippen LogP contribution is -2.27. The lowest BCUT2D eigenvalue weighted by Gasteiger charge is -2.06. The Morgan fingerprint density at radius 3 is 2.50 bits per heavy atom. The van der Waals surface area contributed by atoms with Crippen molar-refractivity contribution < 1.29 is 8.42 Å². The molecule has 4 nitrogen and oxygen atoms in total. The number of rotatable bonds is 6. The third kappa shape index (κ3) is 4.87. The van der Waals surface area contributed by atoms with Gasteiger partial charge in [-0.2, -0.15) is 11.8 Å². The van der Waals surface area contributed by atoms with E-state index < -0.39 is 10.0 Å². The van der Waals surface area contributed by atoms with Crippen molar-refractivity contribution in [3.8, 4) is 0 Å². The summed E-state index contributed by atoms with van der Waals surface area (Å²) < 4.78 is 25.8. The lowest BCUT2D eigenvalue weighted by atomic mass is 10.2. The Morgan fingerprint density at radius 1 is 1.31 bits per heavy atom. The minimum absolute atomic E-state index is 0.00165. The largest absolute Gasteiger partial charge is 0.399 e. The molecule has 0 saturated carbocycles. The zero-order valence-corrected chi connectivity index (χ0v) is 10.8. The van der Waals surface area contributed by atoms with Crippen LogP contribution in [0.4, 0.5) is 5.69 Å². The minimum atomic E-state index is -3.22. The van der Waals surface area contributed by atoms with Gasteiger partial charge in [-0.25, -0.2) is 13.1 Å². The summed E-state index contributed by atoms with van der Waals surface area (Å²) in [5.41, 5.74) is 6.90. The third-order valence-electron chi connectivity index (χ3n) is 1.96. The highest BCUT2D eigenvalue weighted by molar-refractivity contribution is 7.98. The number of benzene rings is 1. The molecule has 0 saturated heterocycles. The van der Waals surface area contributed by atoms with E-state index in [4.69, 9.17) is 5.73 Å². The zero-order chi connectivity index (χ0) is 12.0. The highest BCUT2D eigenvalue weighted by Gasteiger charge is 2.10. The van der Waals surface area contributed by atoms with Crippen LogP contribution in [0.1, 0.15) is 5.56 Å². The van der Waals surface area contributed by atoms with Gasteiger partial charge < -0.3 is 5.73 Å². The van der Waals surface area contributed by atoms with Gasteiger partial charge in [-0.15, -0.1) is 0 Å². The zero-order valence-electron chi connectivity index (χ0n) is 9.14. The monoisotopic (exact) mass is 260 g/mol. The maximum atomic E-state index is 11.6. The summed E-state index contributed by atoms with van der Waals surface area (Å²) in [7, 11) is -3.22. The molecule has 0 atom stereocenters. The Kier molecular flexibility index (Phi) is 5.11. The predicted octanol–water partition coefficient (Wildman–Crippen LogP) is 1.05. The Bertz CT molecular complexity index is 415. The fourth-order valence-electron chi connectivity index (χ4n) is 1.18. The maximum absolute atomic E-state index is 11.6. The van der Waals surface area contributed by atoms with Crippen molar-refractivity contribution in [1.82, 2.24) is 4.72 Å². The SMILES string of the molecule is CSCCNS(=O)(=O)Cc1ccc(N)cc1. The van der Waals surface area contributed by atoms with E-state index in [-0.39, 0.29) is 5.75 Å². The second-order valence-electron chi connectivity index (χ2n) is 3.39. The van der Waals surface area contributed by atoms with Gasteiger partial charge in [0.15, 0.2) is 0 Å². The van der Waals surface area contributed by atoms with Crippen LogP contribution in [-0.4, -0.2) is 27.0 Å². The number of thioether (sulfide) groups is 1. The highest BCUT2D eigenvalue weighted by atomic mass is 32.2. The summed E-state index contributed by atoms with van der Waals surface area (Å²) in [6.07, 6.45) is 1.94. The summed E-state index contributed by atoms with van der Waals surface area (Å²) in [6.45, 7) is 0.471. The van der Waals surface area contributed by atoms with Crippen LogP contribution in [0, 0.1) is 0 Å². The molecular formula is C10H16N2O2S2. The molecule has 0 bridgehead atoms. The predicted molar refractivity (Wildman–Crippen MR) is 69.9 cm³/mol. The van der Waals surface area contributed by atoms with Gasteiger partial charge >= 0.3 is 0 Å². The van der Waals surface area contributed by atoms with Gasteiger partial charge in [0.05, 0.1) is 5.75 Å². The van der Waals surface area contributed by atoms with Crippen molar-refractivity contribution in [2.24, 2.45) is 0 Å². The van der Waals surface area contributed by atoms with Crippen molar-refractivity contribution >= 4 is 27.5 Å². The smallest absolute Gasteiger partial charge is 0.215 e. The molecule has 0 heterocycles. The molecule has 0 aliphatic heterocycles.